The van der Waals surface area contributed by atoms with Gasteiger partial charge in [0.15, 0.2) is 0 Å². The van der Waals surface area contributed by atoms with Gasteiger partial charge in [0, 0.05) is 17.2 Å². The average Bonchev–Trinajstić information content (AvgIpc) is 2.89. The summed E-state index contributed by atoms with van der Waals surface area (Å²) in [5.41, 5.74) is 0.523. The number of hydrogen-bond acceptors (Lipinski definition) is 3. The molecule has 3 rings (SSSR count). The number of Topliss-reactive ketones (excluding diaryl/α,β-unsaturated/α-hetero) is 1. The van der Waals surface area contributed by atoms with Crippen molar-refractivity contribution in [2.24, 2.45) is 11.8 Å². The number of thiazole rings is 1. The average molecular weight is 273 g/mol. The van der Waals surface area contributed by atoms with Gasteiger partial charge in [-0.05, 0) is 30.3 Å². The van der Waals surface area contributed by atoms with Crippen molar-refractivity contribution in [3.05, 3.63) is 22.2 Å². The van der Waals surface area contributed by atoms with Crippen LogP contribution in [0.15, 0.2) is 17.2 Å². The Morgan fingerprint density at radius 1 is 1.33 bits per heavy atom. The van der Waals surface area contributed by atoms with Gasteiger partial charge in [0.25, 0.3) is 5.78 Å². The second-order valence-corrected chi connectivity index (χ2v) is 5.53. The molecule has 18 heavy (non-hydrogen) atoms. The highest BCUT2D eigenvalue weighted by Gasteiger charge is 2.53. The van der Waals surface area contributed by atoms with Gasteiger partial charge in [-0.3, -0.25) is 4.79 Å². The molecule has 1 aromatic rings. The van der Waals surface area contributed by atoms with Crippen molar-refractivity contribution in [1.29, 1.82) is 0 Å². The molecule has 0 saturated heterocycles. The van der Waals surface area contributed by atoms with Crippen LogP contribution in [-0.2, 0) is 4.79 Å². The summed E-state index contributed by atoms with van der Waals surface area (Å²) in [5, 5.41) is 2.30. The van der Waals surface area contributed by atoms with Gasteiger partial charge in [0.05, 0.1) is 0 Å². The van der Waals surface area contributed by atoms with Crippen LogP contribution in [0.25, 0.3) is 5.57 Å². The summed E-state index contributed by atoms with van der Waals surface area (Å²) in [6.45, 7) is 0. The lowest BCUT2D eigenvalue weighted by atomic mass is 9.68. The van der Waals surface area contributed by atoms with Crippen LogP contribution in [0.3, 0.4) is 0 Å². The van der Waals surface area contributed by atoms with Crippen molar-refractivity contribution in [2.45, 2.75) is 25.4 Å². The quantitative estimate of drug-likeness (QED) is 0.826. The highest BCUT2D eigenvalue weighted by atomic mass is 32.1. The number of alkyl halides is 3. The number of hydrogen-bond donors (Lipinski definition) is 0. The predicted octanol–water partition coefficient (Wildman–Crippen LogP) is 3.46. The number of aromatic nitrogens is 1. The minimum atomic E-state index is -4.77. The van der Waals surface area contributed by atoms with Crippen molar-refractivity contribution < 1.29 is 18.0 Å². The molecule has 96 valence electrons. The monoisotopic (exact) mass is 273 g/mol. The maximum absolute atomic E-state index is 12.6. The zero-order valence-corrected chi connectivity index (χ0v) is 10.1. The first-order valence-electron chi connectivity index (χ1n) is 5.75. The molecular formula is C12H10F3NOS. The Labute approximate surface area is 106 Å². The van der Waals surface area contributed by atoms with E-state index in [-0.39, 0.29) is 17.4 Å². The summed E-state index contributed by atoms with van der Waals surface area (Å²) in [4.78, 5) is 15.5. The lowest BCUT2D eigenvalue weighted by Gasteiger charge is -2.36. The van der Waals surface area contributed by atoms with Crippen molar-refractivity contribution in [1.82, 2.24) is 4.98 Å². The van der Waals surface area contributed by atoms with Gasteiger partial charge in [0.2, 0.25) is 0 Å². The van der Waals surface area contributed by atoms with E-state index in [0.29, 0.717) is 17.0 Å². The van der Waals surface area contributed by atoms with Gasteiger partial charge in [-0.1, -0.05) is 6.42 Å². The Hall–Kier alpha value is -1.17. The van der Waals surface area contributed by atoms with Crippen molar-refractivity contribution in [3.63, 3.8) is 0 Å². The summed E-state index contributed by atoms with van der Waals surface area (Å²) in [5.74, 6) is -1.76. The summed E-state index contributed by atoms with van der Waals surface area (Å²) < 4.78 is 37.8. The van der Waals surface area contributed by atoms with E-state index in [1.54, 1.807) is 11.6 Å². The Bertz CT molecular complexity index is 518. The fourth-order valence-corrected chi connectivity index (χ4v) is 3.79. The molecule has 2 aliphatic rings. The topological polar surface area (TPSA) is 30.0 Å². The molecule has 2 aliphatic carbocycles. The summed E-state index contributed by atoms with van der Waals surface area (Å²) in [6, 6.07) is 0. The second kappa shape index (κ2) is 3.91. The van der Waals surface area contributed by atoms with Crippen LogP contribution in [0.4, 0.5) is 13.2 Å². The first kappa shape index (κ1) is 11.9. The van der Waals surface area contributed by atoms with Crippen LogP contribution in [-0.4, -0.2) is 16.9 Å². The third-order valence-corrected chi connectivity index (χ3v) is 4.52. The van der Waals surface area contributed by atoms with Gasteiger partial charge >= 0.3 is 6.18 Å². The Morgan fingerprint density at radius 3 is 2.67 bits per heavy atom. The molecule has 1 saturated carbocycles. The van der Waals surface area contributed by atoms with Gasteiger partial charge in [-0.15, -0.1) is 11.3 Å². The molecule has 0 aromatic carbocycles. The van der Waals surface area contributed by atoms with Crippen LogP contribution in [0.5, 0.6) is 0 Å². The highest BCUT2D eigenvalue weighted by Crippen LogP contribution is 2.56. The normalized spacial score (nSPS) is 27.1. The summed E-state index contributed by atoms with van der Waals surface area (Å²) in [7, 11) is 0. The van der Waals surface area contributed by atoms with E-state index >= 15 is 0 Å². The van der Waals surface area contributed by atoms with E-state index in [1.807, 2.05) is 0 Å². The highest BCUT2D eigenvalue weighted by molar-refractivity contribution is 7.10. The third kappa shape index (κ3) is 1.62. The summed E-state index contributed by atoms with van der Waals surface area (Å²) in [6.07, 6.45) is -0.764. The number of allylic oxidation sites excluding steroid dienone is 2. The first-order chi connectivity index (χ1) is 8.50. The molecule has 0 amide bonds. The van der Waals surface area contributed by atoms with Gasteiger partial charge < -0.3 is 0 Å². The maximum Gasteiger partial charge on any atom is 0.454 e. The van der Waals surface area contributed by atoms with E-state index < -0.39 is 12.0 Å². The van der Waals surface area contributed by atoms with E-state index in [0.717, 1.165) is 12.8 Å². The molecule has 0 bridgehead atoms. The Balaban J connectivity index is 2.05. The lowest BCUT2D eigenvalue weighted by molar-refractivity contribution is -0.167. The third-order valence-electron chi connectivity index (χ3n) is 3.71. The molecule has 2 nitrogen and oxygen atoms in total. The van der Waals surface area contributed by atoms with E-state index in [1.165, 1.54) is 11.3 Å². The lowest BCUT2D eigenvalue weighted by Crippen LogP contribution is -2.37. The fraction of sp³-hybridized carbons (Fsp3) is 0.500. The van der Waals surface area contributed by atoms with Gasteiger partial charge in [0.1, 0.15) is 5.01 Å². The number of carbonyl (C=O) groups excluding carboxylic acids is 1. The van der Waals surface area contributed by atoms with Crippen LogP contribution in [0.1, 0.15) is 24.3 Å². The van der Waals surface area contributed by atoms with Gasteiger partial charge in [-0.2, -0.15) is 13.2 Å². The molecule has 1 fully saturated rings. The number of halogens is 3. The van der Waals surface area contributed by atoms with Crippen molar-refractivity contribution >= 4 is 22.7 Å². The zero-order chi connectivity index (χ0) is 12.9. The molecule has 0 aliphatic heterocycles. The maximum atomic E-state index is 12.6. The van der Waals surface area contributed by atoms with E-state index in [9.17, 15) is 18.0 Å². The Kier molecular flexibility index (Phi) is 2.59. The SMILES string of the molecule is O=C(C1=C(c2nccs2)C2CCCC12)C(F)(F)F. The molecule has 0 spiro atoms. The molecule has 1 aromatic heterocycles. The fourth-order valence-electron chi connectivity index (χ4n) is 3.03. The first-order valence-corrected chi connectivity index (χ1v) is 6.63. The molecular weight excluding hydrogens is 263 g/mol. The van der Waals surface area contributed by atoms with Crippen LogP contribution in [0, 0.1) is 11.8 Å². The molecule has 2 atom stereocenters. The standard InChI is InChI=1S/C12H10F3NOS/c13-12(14,15)10(17)8-6-2-1-3-7(6)9(8)11-16-4-5-18-11/h4-7H,1-3H2. The molecule has 1 heterocycles. The zero-order valence-electron chi connectivity index (χ0n) is 9.33. The minimum Gasteiger partial charge on any atom is -0.284 e. The van der Waals surface area contributed by atoms with Crippen molar-refractivity contribution in [2.75, 3.05) is 0 Å². The Morgan fingerprint density at radius 2 is 2.06 bits per heavy atom. The molecule has 0 N–H and O–H groups in total. The molecule has 2 unspecified atom stereocenters. The largest absolute Gasteiger partial charge is 0.454 e. The van der Waals surface area contributed by atoms with Crippen LogP contribution in [0.2, 0.25) is 0 Å². The van der Waals surface area contributed by atoms with E-state index in [2.05, 4.69) is 4.98 Å². The molecule has 6 heteroatoms. The number of fused-ring (bicyclic) bond motifs is 1. The number of rotatable bonds is 2. The predicted molar refractivity (Wildman–Crippen MR) is 60.9 cm³/mol. The smallest absolute Gasteiger partial charge is 0.284 e. The van der Waals surface area contributed by atoms with Gasteiger partial charge in [-0.25, -0.2) is 4.98 Å². The number of nitrogens with zero attached hydrogens (tertiary/aromatic N) is 1. The number of ketones is 1. The second-order valence-electron chi connectivity index (χ2n) is 4.64. The minimum absolute atomic E-state index is 0.0278. The molecule has 0 radical (unpaired) electrons. The van der Waals surface area contributed by atoms with Crippen LogP contribution < -0.4 is 0 Å². The van der Waals surface area contributed by atoms with E-state index in [4.69, 9.17) is 0 Å². The number of carbonyl (C=O) groups is 1. The summed E-state index contributed by atoms with van der Waals surface area (Å²) >= 11 is 1.30. The van der Waals surface area contributed by atoms with Crippen LogP contribution >= 0.6 is 11.3 Å². The van der Waals surface area contributed by atoms with Crippen molar-refractivity contribution in [3.8, 4) is 0 Å².